The Kier molecular flexibility index (Phi) is 19.8. The van der Waals surface area contributed by atoms with Gasteiger partial charge in [0.2, 0.25) is 5.91 Å². The van der Waals surface area contributed by atoms with E-state index in [1.165, 1.54) is 48.5 Å². The molecule has 1 aromatic carbocycles. The van der Waals surface area contributed by atoms with Crippen LogP contribution in [-0.4, -0.2) is 184 Å². The molecule has 0 aliphatic carbocycles. The topological polar surface area (TPSA) is 405 Å². The number of ether oxygens (including phenoxy) is 6. The number of aromatic hydroxyl groups is 1. The van der Waals surface area contributed by atoms with E-state index in [-0.39, 0.29) is 113 Å². The van der Waals surface area contributed by atoms with Gasteiger partial charge in [0.1, 0.15) is 125 Å². The third-order valence-electron chi connectivity index (χ3n) is 17.0. The van der Waals surface area contributed by atoms with Gasteiger partial charge in [0.05, 0.1) is 37.6 Å². The van der Waals surface area contributed by atoms with Gasteiger partial charge in [0.15, 0.2) is 12.4 Å². The molecule has 0 spiro atoms. The lowest BCUT2D eigenvalue weighted by molar-refractivity contribution is -0.280. The van der Waals surface area contributed by atoms with Crippen LogP contribution in [0.5, 0.6) is 5.75 Å². The van der Waals surface area contributed by atoms with Gasteiger partial charge in [-0.05, 0) is 77.5 Å². The van der Waals surface area contributed by atoms with Crippen molar-refractivity contribution < 1.29 is 77.3 Å². The number of H-pyrrole nitrogens is 1. The van der Waals surface area contributed by atoms with Crippen LogP contribution in [0, 0.1) is 0 Å². The summed E-state index contributed by atoms with van der Waals surface area (Å²) in [6.07, 6.45) is -3.38. The van der Waals surface area contributed by atoms with Crippen LogP contribution in [0.1, 0.15) is 130 Å². The van der Waals surface area contributed by atoms with Gasteiger partial charge in [0, 0.05) is 74.3 Å². The highest BCUT2D eigenvalue weighted by molar-refractivity contribution is 7.14. The molecule has 10 unspecified atom stereocenters. The van der Waals surface area contributed by atoms with E-state index in [1.807, 2.05) is 11.0 Å². The Balaban J connectivity index is 0.956. The molecular weight excluding hydrogens is 1390 g/mol. The van der Waals surface area contributed by atoms with E-state index >= 15 is 19.2 Å². The Morgan fingerprint density at radius 1 is 0.830 bits per heavy atom. The average molecular weight is 1460 g/mol. The number of hydrogen-bond acceptors (Lipinski definition) is 29. The summed E-state index contributed by atoms with van der Waals surface area (Å²) >= 11 is 4.84. The minimum absolute atomic E-state index is 0.0123. The SMILES string of the molecule is CO/C(C)=C1/NC(=O)C(C(C)O)NC(=O)c2csc(n2)-c2cc(O)c(-c3nc(C(=O)NCCc4cccnc4)cs3)nc2-c2csc(n2)C2COC(=O)c3[nH]c4cccc5c4c3COC(C(OC3CC(C)(O)C(N(C)C)C(C)O3)C(=O)OC5)C(NC(=O)c3csc1n3)c1nc(cs1)C(=O)N2. The molecule has 5 amide bonds. The third-order valence-corrected chi connectivity index (χ3v) is 21.5. The highest BCUT2D eigenvalue weighted by Crippen LogP contribution is 2.43. The van der Waals surface area contributed by atoms with E-state index in [1.54, 1.807) is 70.0 Å². The summed E-state index contributed by atoms with van der Waals surface area (Å²) in [5.41, 5.74) is 0.0401. The average Bonchev–Trinajstić information content (AvgIpc) is 1.57. The number of rotatable bonds is 10. The Morgan fingerprint density at radius 3 is 2.29 bits per heavy atom. The predicted molar refractivity (Wildman–Crippen MR) is 364 cm³/mol. The largest absolute Gasteiger partial charge is 0.506 e. The number of nitrogens with one attached hydrogen (secondary N) is 6. The first-order valence-electron chi connectivity index (χ1n) is 31.1. The molecule has 30 nitrogen and oxygen atoms in total. The number of carbonyl (C=O) groups excluding carboxylic acids is 7. The van der Waals surface area contributed by atoms with Crippen molar-refractivity contribution in [3.05, 3.63) is 142 Å². The maximum absolute atomic E-state index is 15.2. The molecule has 0 saturated carbocycles. The number of likely N-dealkylation sites (N-methyl/N-ethyl adjacent to an activating group) is 1. The van der Waals surface area contributed by atoms with E-state index < -0.39 is 121 Å². The summed E-state index contributed by atoms with van der Waals surface area (Å²) in [5.74, 6) is -6.27. The number of nitrogens with zero attached hydrogens (tertiary/aromatic N) is 8. The summed E-state index contributed by atoms with van der Waals surface area (Å²) in [6.45, 7) is 5.04. The maximum Gasteiger partial charge on any atom is 0.355 e. The Morgan fingerprint density at radius 2 is 1.54 bits per heavy atom. The number of amides is 5. The molecule has 13 rings (SSSR count). The highest BCUT2D eigenvalue weighted by atomic mass is 32.1. The Hall–Kier alpha value is -9.40. The molecule has 9 N–H and O–H groups in total. The molecule has 12 bridgehead atoms. The van der Waals surface area contributed by atoms with Gasteiger partial charge >= 0.3 is 11.9 Å². The number of thiazole rings is 5. The van der Waals surface area contributed by atoms with Crippen molar-refractivity contribution in [1.82, 2.24) is 71.4 Å². The molecule has 4 aliphatic heterocycles. The molecule has 0 radical (unpaired) electrons. The highest BCUT2D eigenvalue weighted by Gasteiger charge is 2.50. The first-order valence-corrected chi connectivity index (χ1v) is 35.5. The van der Waals surface area contributed by atoms with Gasteiger partial charge in [-0.25, -0.2) is 39.5 Å². The molecule has 8 aromatic heterocycles. The van der Waals surface area contributed by atoms with E-state index in [0.717, 1.165) is 62.2 Å². The summed E-state index contributed by atoms with van der Waals surface area (Å²) in [5, 5.41) is 57.3. The van der Waals surface area contributed by atoms with Gasteiger partial charge in [-0.15, -0.1) is 56.7 Å². The van der Waals surface area contributed by atoms with Crippen molar-refractivity contribution in [1.29, 1.82) is 0 Å². The Labute approximate surface area is 588 Å². The van der Waals surface area contributed by atoms with Crippen LogP contribution in [0.2, 0.25) is 0 Å². The van der Waals surface area contributed by atoms with Crippen molar-refractivity contribution in [2.45, 2.75) is 114 Å². The second-order valence-electron chi connectivity index (χ2n) is 24.3. The number of benzene rings is 1. The van der Waals surface area contributed by atoms with Crippen LogP contribution in [0.15, 0.2) is 81.5 Å². The zero-order valence-electron chi connectivity index (χ0n) is 54.2. The second-order valence-corrected chi connectivity index (χ2v) is 28.6. The number of aliphatic hydroxyl groups excluding tert-OH is 1. The fourth-order valence-electron chi connectivity index (χ4n) is 12.3. The predicted octanol–water partition coefficient (Wildman–Crippen LogP) is 5.82. The summed E-state index contributed by atoms with van der Waals surface area (Å²) < 4.78 is 37.9. The smallest absolute Gasteiger partial charge is 0.355 e. The van der Waals surface area contributed by atoms with E-state index in [4.69, 9.17) is 43.4 Å². The molecule has 9 aromatic rings. The molecule has 4 aliphatic rings. The van der Waals surface area contributed by atoms with E-state index in [2.05, 4.69) is 51.5 Å². The van der Waals surface area contributed by atoms with E-state index in [0.29, 0.717) is 22.9 Å². The third kappa shape index (κ3) is 14.1. The van der Waals surface area contributed by atoms with Crippen molar-refractivity contribution >= 4 is 115 Å². The van der Waals surface area contributed by atoms with Crippen LogP contribution in [0.3, 0.4) is 0 Å². The second kappa shape index (κ2) is 28.7. The fourth-order valence-corrected chi connectivity index (χ4v) is 16.5. The number of esters is 2. The number of aromatic nitrogens is 8. The lowest BCUT2D eigenvalue weighted by atomic mass is 9.85. The number of carbonyl (C=O) groups is 7. The standard InChI is InChI=1S/C65H64N14O16S5/c1-27(80)44-57(86)77-45(28(2)90-7)60-73-40(26-98-60)56(85)78-49-50-51(95-42-17-65(4,89)52(79(5)6)29(3)94-42)64(88)92-19-31-11-8-12-34-43(31)33(20-91-50)47(68-34)63(87)93-21-35(69-54(83)38-25-100-62(49)74-38)59-70-36(22-97-59)46-32(58-71-39(24-96-58)55(84)76-44)16-41(81)48(75-46)61-72-37(23-99-61)53(82)67-15-13-30-10-9-14-66-18-30/h8-12,14,16,18,22-27,29,35,42,44,49-52,68,80-81,89H,13,15,17,19-21H2,1-7H3,(H,67,82)(H,69,83)(H,76,84)(H,77,86)(H,78,85)/b45-28+. The van der Waals surface area contributed by atoms with Crippen LogP contribution in [-0.2, 0) is 57.6 Å². The van der Waals surface area contributed by atoms with Crippen molar-refractivity contribution in [3.63, 3.8) is 0 Å². The van der Waals surface area contributed by atoms with E-state index in [9.17, 15) is 29.7 Å². The van der Waals surface area contributed by atoms with Crippen LogP contribution >= 0.6 is 56.7 Å². The number of cyclic esters (lactones) is 2. The van der Waals surface area contributed by atoms with Crippen molar-refractivity contribution in [3.8, 4) is 38.4 Å². The zero-order chi connectivity index (χ0) is 70.4. The van der Waals surface area contributed by atoms with Gasteiger partial charge in [-0.1, -0.05) is 18.2 Å². The minimum atomic E-state index is -1.84. The molecule has 520 valence electrons. The lowest BCUT2D eigenvalue weighted by Crippen LogP contribution is -2.62. The van der Waals surface area contributed by atoms with Gasteiger partial charge in [-0.2, -0.15) is 0 Å². The van der Waals surface area contributed by atoms with Gasteiger partial charge < -0.3 is 80.2 Å². The molecule has 100 heavy (non-hydrogen) atoms. The minimum Gasteiger partial charge on any atom is -0.506 e. The number of methoxy groups -OCH3 is 1. The number of aliphatic hydroxyl groups is 2. The molecule has 35 heteroatoms. The normalized spacial score (nSPS) is 23.8. The molecule has 12 heterocycles. The molecular formula is C65H64N14O16S5. The number of fused-ring (bicyclic) bond motifs is 15. The monoisotopic (exact) mass is 1460 g/mol. The van der Waals surface area contributed by atoms with Crippen LogP contribution < -0.4 is 26.6 Å². The van der Waals surface area contributed by atoms with Gasteiger partial charge in [-0.3, -0.25) is 29.0 Å². The van der Waals surface area contributed by atoms with Gasteiger partial charge in [0.25, 0.3) is 23.6 Å². The quantitative estimate of drug-likeness (QED) is 0.0575. The number of pyridine rings is 2. The maximum atomic E-state index is 15.2. The van der Waals surface area contributed by atoms with Crippen molar-refractivity contribution in [2.24, 2.45) is 0 Å². The molecule has 1 saturated heterocycles. The summed E-state index contributed by atoms with van der Waals surface area (Å²) in [6, 6.07) is 5.12. The number of allylic oxidation sites excluding steroid dienone is 1. The fraction of sp³-hybridized carbons (Fsp3) is 0.354. The number of aromatic amines is 1. The van der Waals surface area contributed by atoms with Crippen LogP contribution in [0.4, 0.5) is 0 Å². The first-order chi connectivity index (χ1) is 48.0. The molecule has 10 atom stereocenters. The Bertz CT molecular complexity index is 4690. The zero-order valence-corrected chi connectivity index (χ0v) is 58.3. The van der Waals surface area contributed by atoms with Crippen molar-refractivity contribution in [2.75, 3.05) is 34.4 Å². The molecule has 1 fully saturated rings. The first kappa shape index (κ1) is 69.1. The number of hydrogen-bond donors (Lipinski definition) is 9. The summed E-state index contributed by atoms with van der Waals surface area (Å²) in [4.78, 5) is 140. The lowest BCUT2D eigenvalue weighted by Gasteiger charge is -2.48. The van der Waals surface area contributed by atoms with Crippen LogP contribution in [0.25, 0.3) is 49.3 Å². The summed E-state index contributed by atoms with van der Waals surface area (Å²) in [7, 11) is 4.91.